The normalized spacial score (nSPS) is 18.4. The molecule has 9 nitrogen and oxygen atoms in total. The molecule has 1 aromatic heterocycles. The number of carbonyl (C=O) groups is 2. The molecule has 1 spiro atoms. The van der Waals surface area contributed by atoms with E-state index >= 15 is 0 Å². The van der Waals surface area contributed by atoms with Crippen molar-refractivity contribution in [2.24, 2.45) is 0 Å². The molecule has 3 N–H and O–H groups in total. The van der Waals surface area contributed by atoms with Crippen LogP contribution in [0.4, 0.5) is 5.69 Å². The Morgan fingerprint density at radius 3 is 2.65 bits per heavy atom. The first-order valence-electron chi connectivity index (χ1n) is 10.8. The molecule has 0 saturated carbocycles. The van der Waals surface area contributed by atoms with Crippen LogP contribution in [0.5, 0.6) is 5.75 Å². The Morgan fingerprint density at radius 2 is 1.97 bits per heavy atom. The number of nitrogens with one attached hydrogen (secondary N) is 3. The van der Waals surface area contributed by atoms with E-state index in [9.17, 15) is 9.59 Å². The van der Waals surface area contributed by atoms with Gasteiger partial charge in [0.05, 0.1) is 71.5 Å². The summed E-state index contributed by atoms with van der Waals surface area (Å²) in [7, 11) is 1.57. The molecule has 3 heterocycles. The highest BCUT2D eigenvalue weighted by molar-refractivity contribution is 6.11. The van der Waals surface area contributed by atoms with Crippen molar-refractivity contribution in [3.05, 3.63) is 23.9 Å². The largest absolute Gasteiger partial charge is 0.497 e. The number of H-pyrrole nitrogens is 1. The van der Waals surface area contributed by atoms with E-state index in [2.05, 4.69) is 10.3 Å². The minimum absolute atomic E-state index is 0.143. The topological polar surface area (TPSA) is 103 Å². The lowest BCUT2D eigenvalue weighted by Gasteiger charge is -2.35. The molecule has 2 fully saturated rings. The van der Waals surface area contributed by atoms with Gasteiger partial charge in [-0.1, -0.05) is 0 Å². The second-order valence-corrected chi connectivity index (χ2v) is 7.91. The van der Waals surface area contributed by atoms with Crippen LogP contribution in [0.3, 0.4) is 0 Å². The second-order valence-electron chi connectivity index (χ2n) is 7.91. The van der Waals surface area contributed by atoms with Gasteiger partial charge in [-0.05, 0) is 25.1 Å². The minimum atomic E-state index is -0.503. The second kappa shape index (κ2) is 9.25. The highest BCUT2D eigenvalue weighted by atomic mass is 16.7. The monoisotopic (exact) mass is 432 g/mol. The first kappa shape index (κ1) is 21.6. The summed E-state index contributed by atoms with van der Waals surface area (Å²) in [5.41, 5.74) is 1.39. The Labute approximate surface area is 181 Å². The summed E-state index contributed by atoms with van der Waals surface area (Å²) in [6.45, 7) is 5.85. The van der Waals surface area contributed by atoms with E-state index in [-0.39, 0.29) is 18.2 Å². The van der Waals surface area contributed by atoms with Crippen LogP contribution in [0.25, 0.3) is 10.9 Å². The van der Waals surface area contributed by atoms with Gasteiger partial charge in [-0.3, -0.25) is 4.79 Å². The van der Waals surface area contributed by atoms with Crippen LogP contribution in [-0.4, -0.2) is 69.2 Å². The van der Waals surface area contributed by atoms with Crippen molar-refractivity contribution < 1.29 is 33.4 Å². The van der Waals surface area contributed by atoms with Gasteiger partial charge in [-0.25, -0.2) is 4.79 Å². The van der Waals surface area contributed by atoms with Gasteiger partial charge in [0.2, 0.25) is 5.91 Å². The number of likely N-dealkylation sites (tertiary alicyclic amines) is 1. The number of amides is 1. The number of hydrogen-bond acceptors (Lipinski definition) is 6. The summed E-state index contributed by atoms with van der Waals surface area (Å²) in [6.07, 6.45) is 2.04. The van der Waals surface area contributed by atoms with E-state index in [1.807, 2.05) is 6.07 Å². The minimum Gasteiger partial charge on any atom is -0.497 e. The summed E-state index contributed by atoms with van der Waals surface area (Å²) in [5.74, 6) is -0.406. The van der Waals surface area contributed by atoms with E-state index in [4.69, 9.17) is 18.9 Å². The average molecular weight is 432 g/mol. The van der Waals surface area contributed by atoms with Crippen molar-refractivity contribution in [1.29, 1.82) is 0 Å². The quantitative estimate of drug-likeness (QED) is 0.567. The number of piperidine rings is 1. The number of quaternary nitrogens is 1. The van der Waals surface area contributed by atoms with Gasteiger partial charge in [-0.15, -0.1) is 0 Å². The average Bonchev–Trinajstić information content (AvgIpc) is 3.38. The Balaban J connectivity index is 1.42. The summed E-state index contributed by atoms with van der Waals surface area (Å²) >= 11 is 0. The molecule has 31 heavy (non-hydrogen) atoms. The number of carbonyl (C=O) groups excluding carboxylic acids is 2. The highest BCUT2D eigenvalue weighted by Gasteiger charge is 2.41. The third-order valence-corrected chi connectivity index (χ3v) is 5.99. The number of ether oxygens (including phenoxy) is 4. The molecule has 2 aliphatic rings. The number of aromatic amines is 1. The van der Waals surface area contributed by atoms with Crippen LogP contribution >= 0.6 is 0 Å². The van der Waals surface area contributed by atoms with Crippen LogP contribution in [-0.2, 0) is 19.0 Å². The third kappa shape index (κ3) is 4.68. The van der Waals surface area contributed by atoms with Crippen molar-refractivity contribution >= 4 is 28.5 Å². The maximum absolute atomic E-state index is 12.8. The molecular weight excluding hydrogens is 402 g/mol. The zero-order valence-corrected chi connectivity index (χ0v) is 18.0. The number of hydrogen-bond donors (Lipinski definition) is 3. The maximum Gasteiger partial charge on any atom is 0.356 e. The number of esters is 1. The molecule has 2 aliphatic heterocycles. The standard InChI is InChI=1S/C22H29N3O6/c1-3-29-21(27)20-19(16-14-15(28-2)4-5-17(16)23-20)24-18(26)6-9-25-10-7-22(8-11-25)30-12-13-31-22/h4-5,14,23H,3,6-13H2,1-2H3,(H,24,26)/p+1. The molecule has 0 unspecified atom stereocenters. The van der Waals surface area contributed by atoms with Crippen molar-refractivity contribution in [1.82, 2.24) is 4.98 Å². The van der Waals surface area contributed by atoms with E-state index in [0.717, 1.165) is 31.4 Å². The summed E-state index contributed by atoms with van der Waals surface area (Å²) < 4.78 is 22.0. The Morgan fingerprint density at radius 1 is 1.23 bits per heavy atom. The lowest BCUT2D eigenvalue weighted by molar-refractivity contribution is -0.908. The van der Waals surface area contributed by atoms with Crippen LogP contribution in [0.1, 0.15) is 36.7 Å². The summed E-state index contributed by atoms with van der Waals surface area (Å²) in [4.78, 5) is 29.6. The smallest absolute Gasteiger partial charge is 0.356 e. The molecule has 0 radical (unpaired) electrons. The van der Waals surface area contributed by atoms with Crippen molar-refractivity contribution in [2.75, 3.05) is 51.9 Å². The highest BCUT2D eigenvalue weighted by Crippen LogP contribution is 2.32. The lowest BCUT2D eigenvalue weighted by atomic mass is 10.0. The number of fused-ring (bicyclic) bond motifs is 1. The maximum atomic E-state index is 12.8. The van der Waals surface area contributed by atoms with E-state index < -0.39 is 11.8 Å². The molecule has 168 valence electrons. The fraction of sp³-hybridized carbons (Fsp3) is 0.545. The van der Waals surface area contributed by atoms with Crippen molar-refractivity contribution in [3.8, 4) is 5.75 Å². The molecule has 0 atom stereocenters. The Hall–Kier alpha value is -2.62. The SMILES string of the molecule is CCOC(=O)c1[nH]c2ccc(OC)cc2c1NC(=O)CC[NH+]1CCC2(CC1)OCCO2. The fourth-order valence-electron chi connectivity index (χ4n) is 4.30. The number of benzene rings is 1. The van der Waals surface area contributed by atoms with Gasteiger partial charge in [0.25, 0.3) is 0 Å². The van der Waals surface area contributed by atoms with Gasteiger partial charge in [-0.2, -0.15) is 0 Å². The molecule has 0 aliphatic carbocycles. The van der Waals surface area contributed by atoms with Crippen LogP contribution in [0.2, 0.25) is 0 Å². The lowest BCUT2D eigenvalue weighted by Crippen LogP contribution is -3.13. The van der Waals surface area contributed by atoms with Gasteiger partial charge >= 0.3 is 5.97 Å². The van der Waals surface area contributed by atoms with Crippen LogP contribution < -0.4 is 15.0 Å². The Kier molecular flexibility index (Phi) is 6.45. The van der Waals surface area contributed by atoms with E-state index in [0.29, 0.717) is 43.0 Å². The molecule has 0 bridgehead atoms. The van der Waals surface area contributed by atoms with Crippen molar-refractivity contribution in [2.45, 2.75) is 32.0 Å². The van der Waals surface area contributed by atoms with Gasteiger partial charge in [0, 0.05) is 10.9 Å². The molecule has 4 rings (SSSR count). The third-order valence-electron chi connectivity index (χ3n) is 5.99. The summed E-state index contributed by atoms with van der Waals surface area (Å²) in [6, 6.07) is 5.40. The zero-order chi connectivity index (χ0) is 21.8. The first-order valence-corrected chi connectivity index (χ1v) is 10.8. The summed E-state index contributed by atoms with van der Waals surface area (Å²) in [5, 5.41) is 3.63. The molecule has 1 amide bonds. The van der Waals surface area contributed by atoms with Crippen molar-refractivity contribution in [3.63, 3.8) is 0 Å². The number of rotatable bonds is 7. The molecule has 1 aromatic carbocycles. The predicted molar refractivity (Wildman–Crippen MR) is 113 cm³/mol. The van der Waals surface area contributed by atoms with Gasteiger partial charge < -0.3 is 34.1 Å². The number of methoxy groups -OCH3 is 1. The molecular formula is C22H30N3O6+. The number of anilines is 1. The number of aromatic nitrogens is 1. The molecule has 9 heteroatoms. The first-order chi connectivity index (χ1) is 15.0. The van der Waals surface area contributed by atoms with Crippen LogP contribution in [0, 0.1) is 0 Å². The van der Waals surface area contributed by atoms with E-state index in [1.165, 1.54) is 4.90 Å². The Bertz CT molecular complexity index is 940. The molecule has 2 aromatic rings. The zero-order valence-electron chi connectivity index (χ0n) is 18.0. The van der Waals surface area contributed by atoms with Gasteiger partial charge in [0.15, 0.2) is 5.79 Å². The van der Waals surface area contributed by atoms with Gasteiger partial charge in [0.1, 0.15) is 11.4 Å². The van der Waals surface area contributed by atoms with Crippen LogP contribution in [0.15, 0.2) is 18.2 Å². The van der Waals surface area contributed by atoms with E-state index in [1.54, 1.807) is 26.2 Å². The molecule has 2 saturated heterocycles. The fourth-order valence-corrected chi connectivity index (χ4v) is 4.30. The predicted octanol–water partition coefficient (Wildman–Crippen LogP) is 1.10.